The molecule has 2 amide bonds. The summed E-state index contributed by atoms with van der Waals surface area (Å²) in [5.74, 6) is 1.12. The van der Waals surface area contributed by atoms with Gasteiger partial charge in [0.15, 0.2) is 0 Å². The number of nitrogens with zero attached hydrogens (tertiary/aromatic N) is 1. The molecule has 0 unspecified atom stereocenters. The summed E-state index contributed by atoms with van der Waals surface area (Å²) in [6.07, 6.45) is 5.10. The van der Waals surface area contributed by atoms with Gasteiger partial charge in [0.25, 0.3) is 11.1 Å². The van der Waals surface area contributed by atoms with Gasteiger partial charge in [0, 0.05) is 0 Å². The fourth-order valence-corrected chi connectivity index (χ4v) is 3.34. The lowest BCUT2D eigenvalue weighted by Crippen LogP contribution is -2.32. The van der Waals surface area contributed by atoms with Crippen LogP contribution in [0.5, 0.6) is 5.75 Å². The SMILES string of the molecule is CC(/C=C1\SC(=O)N(CCOc2ccc(C)cc2)C1=O)=C\c1ccco1. The fraction of sp³-hybridized carbons (Fsp3) is 0.200. The van der Waals surface area contributed by atoms with E-state index in [2.05, 4.69) is 0 Å². The maximum absolute atomic E-state index is 12.5. The standard InChI is InChI=1S/C20H19NO4S/c1-14-5-7-16(8-6-14)25-11-9-21-19(22)18(26-20(21)23)13-15(2)12-17-4-3-10-24-17/h3-8,10,12-13H,9,11H2,1-2H3/b15-12+,18-13-. The van der Waals surface area contributed by atoms with E-state index in [0.29, 0.717) is 10.7 Å². The lowest BCUT2D eigenvalue weighted by molar-refractivity contribution is -0.123. The zero-order valence-corrected chi connectivity index (χ0v) is 15.4. The van der Waals surface area contributed by atoms with Crippen LogP contribution in [0.4, 0.5) is 4.79 Å². The first-order valence-corrected chi connectivity index (χ1v) is 9.01. The number of amides is 2. The highest BCUT2D eigenvalue weighted by Crippen LogP contribution is 2.31. The average molecular weight is 369 g/mol. The van der Waals surface area contributed by atoms with Crippen molar-refractivity contribution >= 4 is 29.0 Å². The first kappa shape index (κ1) is 18.1. The smallest absolute Gasteiger partial charge is 0.293 e. The van der Waals surface area contributed by atoms with Crippen molar-refractivity contribution < 1.29 is 18.7 Å². The van der Waals surface area contributed by atoms with E-state index in [1.54, 1.807) is 18.4 Å². The monoisotopic (exact) mass is 369 g/mol. The number of hydrogen-bond acceptors (Lipinski definition) is 5. The Morgan fingerprint density at radius 3 is 2.69 bits per heavy atom. The number of furan rings is 1. The molecule has 0 bridgehead atoms. The average Bonchev–Trinajstić information content (AvgIpc) is 3.20. The van der Waals surface area contributed by atoms with E-state index >= 15 is 0 Å². The van der Waals surface area contributed by atoms with E-state index in [9.17, 15) is 9.59 Å². The van der Waals surface area contributed by atoms with E-state index in [-0.39, 0.29) is 24.3 Å². The van der Waals surface area contributed by atoms with Crippen molar-refractivity contribution in [2.45, 2.75) is 13.8 Å². The molecule has 2 heterocycles. The van der Waals surface area contributed by atoms with Crippen molar-refractivity contribution in [2.24, 2.45) is 0 Å². The van der Waals surface area contributed by atoms with Gasteiger partial charge in [-0.3, -0.25) is 14.5 Å². The molecule has 5 nitrogen and oxygen atoms in total. The van der Waals surface area contributed by atoms with Crippen molar-refractivity contribution in [3.8, 4) is 5.75 Å². The van der Waals surface area contributed by atoms with E-state index in [1.807, 2.05) is 50.3 Å². The zero-order valence-electron chi connectivity index (χ0n) is 14.6. The van der Waals surface area contributed by atoms with Crippen molar-refractivity contribution in [1.29, 1.82) is 0 Å². The molecule has 1 aliphatic rings. The largest absolute Gasteiger partial charge is 0.492 e. The van der Waals surface area contributed by atoms with Crippen molar-refractivity contribution in [3.63, 3.8) is 0 Å². The number of imide groups is 1. The summed E-state index contributed by atoms with van der Waals surface area (Å²) in [6.45, 7) is 4.34. The predicted molar refractivity (Wildman–Crippen MR) is 102 cm³/mol. The molecular weight excluding hydrogens is 350 g/mol. The molecule has 1 aliphatic heterocycles. The Hall–Kier alpha value is -2.73. The number of allylic oxidation sites excluding steroid dienone is 2. The maximum Gasteiger partial charge on any atom is 0.293 e. The summed E-state index contributed by atoms with van der Waals surface area (Å²) >= 11 is 0.942. The van der Waals surface area contributed by atoms with Crippen LogP contribution in [-0.4, -0.2) is 29.2 Å². The quantitative estimate of drug-likeness (QED) is 0.694. The molecule has 6 heteroatoms. The predicted octanol–water partition coefficient (Wildman–Crippen LogP) is 4.65. The molecule has 1 aromatic carbocycles. The van der Waals surface area contributed by atoms with E-state index in [1.165, 1.54) is 4.90 Å². The minimum Gasteiger partial charge on any atom is -0.492 e. The number of carbonyl (C=O) groups excluding carboxylic acids is 2. The number of aryl methyl sites for hydroxylation is 1. The second kappa shape index (κ2) is 8.10. The third kappa shape index (κ3) is 4.46. The summed E-state index contributed by atoms with van der Waals surface area (Å²) in [4.78, 5) is 26.2. The topological polar surface area (TPSA) is 59.8 Å². The van der Waals surface area contributed by atoms with Crippen LogP contribution in [0.15, 0.2) is 63.6 Å². The summed E-state index contributed by atoms with van der Waals surface area (Å²) < 4.78 is 10.9. The number of rotatable bonds is 6. The molecule has 0 N–H and O–H groups in total. The van der Waals surface area contributed by atoms with Crippen molar-refractivity contribution in [2.75, 3.05) is 13.2 Å². The Morgan fingerprint density at radius 2 is 2.00 bits per heavy atom. The Kier molecular flexibility index (Phi) is 5.63. The van der Waals surface area contributed by atoms with Gasteiger partial charge < -0.3 is 9.15 Å². The highest BCUT2D eigenvalue weighted by Gasteiger charge is 2.34. The van der Waals surface area contributed by atoms with E-state index in [0.717, 1.165) is 28.6 Å². The van der Waals surface area contributed by atoms with Gasteiger partial charge in [0.1, 0.15) is 18.1 Å². The third-order valence-electron chi connectivity index (χ3n) is 3.75. The highest BCUT2D eigenvalue weighted by atomic mass is 32.2. The second-order valence-corrected chi connectivity index (χ2v) is 6.89. The number of carbonyl (C=O) groups is 2. The van der Waals surface area contributed by atoms with Crippen LogP contribution in [0, 0.1) is 6.92 Å². The molecule has 26 heavy (non-hydrogen) atoms. The van der Waals surface area contributed by atoms with Gasteiger partial charge in [-0.05, 0) is 67.6 Å². The number of benzene rings is 1. The van der Waals surface area contributed by atoms with Gasteiger partial charge in [-0.25, -0.2) is 0 Å². The van der Waals surface area contributed by atoms with E-state index < -0.39 is 0 Å². The number of ether oxygens (including phenoxy) is 1. The molecule has 2 aromatic rings. The summed E-state index contributed by atoms with van der Waals surface area (Å²) in [5, 5.41) is -0.278. The van der Waals surface area contributed by atoms with Crippen LogP contribution in [0.3, 0.4) is 0 Å². The Bertz CT molecular complexity index is 850. The molecule has 134 valence electrons. The molecule has 1 aromatic heterocycles. The minimum atomic E-state index is -0.292. The van der Waals surface area contributed by atoms with Gasteiger partial charge in [-0.1, -0.05) is 17.7 Å². The molecule has 0 spiro atoms. The normalized spacial score (nSPS) is 16.6. The highest BCUT2D eigenvalue weighted by molar-refractivity contribution is 8.18. The zero-order chi connectivity index (χ0) is 18.5. The molecule has 0 aliphatic carbocycles. The minimum absolute atomic E-state index is 0.219. The molecule has 0 atom stereocenters. The Labute approximate surface area is 156 Å². The van der Waals surface area contributed by atoms with Crippen molar-refractivity contribution in [3.05, 3.63) is 70.5 Å². The van der Waals surface area contributed by atoms with Crippen LogP contribution in [0.2, 0.25) is 0 Å². The molecular formula is C20H19NO4S. The van der Waals surface area contributed by atoms with E-state index in [4.69, 9.17) is 9.15 Å². The fourth-order valence-electron chi connectivity index (χ4n) is 2.43. The third-order valence-corrected chi connectivity index (χ3v) is 4.66. The maximum atomic E-state index is 12.5. The first-order chi connectivity index (χ1) is 12.5. The van der Waals surface area contributed by atoms with Crippen molar-refractivity contribution in [1.82, 2.24) is 4.90 Å². The van der Waals surface area contributed by atoms with Crippen LogP contribution in [0.25, 0.3) is 6.08 Å². The number of thioether (sulfide) groups is 1. The van der Waals surface area contributed by atoms with Gasteiger partial charge in [0.2, 0.25) is 0 Å². The van der Waals surface area contributed by atoms with Crippen LogP contribution in [-0.2, 0) is 4.79 Å². The van der Waals surface area contributed by atoms with Gasteiger partial charge >= 0.3 is 0 Å². The summed E-state index contributed by atoms with van der Waals surface area (Å²) in [5.41, 5.74) is 1.98. The molecule has 3 rings (SSSR count). The molecule has 1 saturated heterocycles. The Morgan fingerprint density at radius 1 is 1.23 bits per heavy atom. The lowest BCUT2D eigenvalue weighted by Gasteiger charge is -2.13. The molecule has 0 radical (unpaired) electrons. The molecule has 0 saturated carbocycles. The summed E-state index contributed by atoms with van der Waals surface area (Å²) in [6, 6.07) is 11.3. The first-order valence-electron chi connectivity index (χ1n) is 8.19. The summed E-state index contributed by atoms with van der Waals surface area (Å²) in [7, 11) is 0. The van der Waals surface area contributed by atoms with Crippen LogP contribution < -0.4 is 4.74 Å². The second-order valence-electron chi connectivity index (χ2n) is 5.90. The van der Waals surface area contributed by atoms with Gasteiger partial charge in [-0.2, -0.15) is 0 Å². The number of hydrogen-bond donors (Lipinski definition) is 0. The van der Waals surface area contributed by atoms with Crippen LogP contribution >= 0.6 is 11.8 Å². The van der Waals surface area contributed by atoms with Gasteiger partial charge in [0.05, 0.1) is 17.7 Å². The lowest BCUT2D eigenvalue weighted by atomic mass is 10.2. The van der Waals surface area contributed by atoms with Crippen LogP contribution in [0.1, 0.15) is 18.2 Å². The van der Waals surface area contributed by atoms with Gasteiger partial charge in [-0.15, -0.1) is 0 Å². The Balaban J connectivity index is 1.59. The molecule has 1 fully saturated rings.